The summed E-state index contributed by atoms with van der Waals surface area (Å²) >= 11 is 0. The molecule has 6 rings (SSSR count). The van der Waals surface area contributed by atoms with E-state index in [-0.39, 0.29) is 29.6 Å². The largest absolute Gasteiger partial charge is 0.424 e. The first kappa shape index (κ1) is 22.5. The monoisotopic (exact) mass is 482 g/mol. The second-order valence-electron chi connectivity index (χ2n) is 9.75. The standard InChI is InChI=1S/C28H30N6O2/c1-5-17-21(33-29-4)9-8-18-23(17)25-20(14-32-27(25)35)24-19-13-16(36-28-30-11-6-12-31-28)7-10-22(19)34(15(2)3)26(18)24/h5-7,10-13,20,23-25,29H,2,8-9,14H2,1,3-4H3,(H,32,35)/b17-5+,33-21-. The molecular formula is C28H30N6O2. The van der Waals surface area contributed by atoms with Crippen molar-refractivity contribution in [2.45, 2.75) is 32.6 Å². The van der Waals surface area contributed by atoms with Crippen LogP contribution in [0.5, 0.6) is 11.8 Å². The molecule has 8 nitrogen and oxygen atoms in total. The fourth-order valence-corrected chi connectivity index (χ4v) is 6.70. The average molecular weight is 483 g/mol. The average Bonchev–Trinajstić information content (AvgIpc) is 3.42. The Morgan fingerprint density at radius 3 is 2.81 bits per heavy atom. The number of allylic oxidation sites excluding steroid dienone is 5. The van der Waals surface area contributed by atoms with E-state index in [4.69, 9.17) is 4.74 Å². The number of carbonyl (C=O) groups excluding carboxylic acids is 1. The Kier molecular flexibility index (Phi) is 5.39. The molecule has 8 heteroatoms. The summed E-state index contributed by atoms with van der Waals surface area (Å²) in [4.78, 5) is 24.0. The maximum Gasteiger partial charge on any atom is 0.321 e. The molecule has 0 bridgehead atoms. The van der Waals surface area contributed by atoms with Crippen LogP contribution in [0.4, 0.5) is 5.69 Å². The Morgan fingerprint density at radius 2 is 2.08 bits per heavy atom. The van der Waals surface area contributed by atoms with Crippen LogP contribution in [0.25, 0.3) is 0 Å². The van der Waals surface area contributed by atoms with Gasteiger partial charge in [0, 0.05) is 60.8 Å². The highest BCUT2D eigenvalue weighted by Crippen LogP contribution is 2.61. The number of nitrogens with one attached hydrogen (secondary N) is 2. The third-order valence-electron chi connectivity index (χ3n) is 7.87. The molecule has 1 aromatic carbocycles. The van der Waals surface area contributed by atoms with E-state index in [0.29, 0.717) is 18.3 Å². The molecule has 2 aliphatic carbocycles. The first-order valence-electron chi connectivity index (χ1n) is 12.5. The Balaban J connectivity index is 1.53. The predicted octanol–water partition coefficient (Wildman–Crippen LogP) is 4.27. The second-order valence-corrected chi connectivity index (χ2v) is 9.75. The summed E-state index contributed by atoms with van der Waals surface area (Å²) in [6.45, 7) is 9.10. The van der Waals surface area contributed by atoms with Crippen molar-refractivity contribution in [1.29, 1.82) is 0 Å². The quantitative estimate of drug-likeness (QED) is 0.633. The van der Waals surface area contributed by atoms with Gasteiger partial charge in [0.05, 0.1) is 11.6 Å². The number of nitrogens with zero attached hydrogens (tertiary/aromatic N) is 4. The number of rotatable bonds is 4. The minimum Gasteiger partial charge on any atom is -0.424 e. The summed E-state index contributed by atoms with van der Waals surface area (Å²) in [7, 11) is 1.83. The normalized spacial score (nSPS) is 28.4. The first-order valence-corrected chi connectivity index (χ1v) is 12.5. The summed E-state index contributed by atoms with van der Waals surface area (Å²) in [5, 5.41) is 7.77. The van der Waals surface area contributed by atoms with E-state index in [1.807, 2.05) is 20.0 Å². The smallest absolute Gasteiger partial charge is 0.321 e. The Morgan fingerprint density at radius 1 is 1.28 bits per heavy atom. The minimum absolute atomic E-state index is 0.0131. The van der Waals surface area contributed by atoms with E-state index in [1.165, 1.54) is 11.3 Å². The van der Waals surface area contributed by atoms with E-state index in [1.54, 1.807) is 18.5 Å². The zero-order valence-corrected chi connectivity index (χ0v) is 20.8. The molecule has 4 atom stereocenters. The second kappa shape index (κ2) is 8.62. The zero-order chi connectivity index (χ0) is 25.0. The Hall–Kier alpha value is -3.94. The molecule has 4 unspecified atom stereocenters. The van der Waals surface area contributed by atoms with E-state index in [9.17, 15) is 4.79 Å². The number of hydrogen-bond donors (Lipinski definition) is 2. The maximum absolute atomic E-state index is 13.3. The fourth-order valence-electron chi connectivity index (χ4n) is 6.70. The van der Waals surface area contributed by atoms with Gasteiger partial charge in [-0.2, -0.15) is 5.10 Å². The maximum atomic E-state index is 13.3. The minimum atomic E-state index is -0.137. The summed E-state index contributed by atoms with van der Waals surface area (Å²) in [6.07, 6.45) is 7.17. The molecule has 2 aliphatic heterocycles. The molecule has 36 heavy (non-hydrogen) atoms. The van der Waals surface area contributed by atoms with Gasteiger partial charge in [-0.25, -0.2) is 9.97 Å². The molecule has 1 saturated carbocycles. The highest BCUT2D eigenvalue weighted by molar-refractivity contribution is 6.03. The highest BCUT2D eigenvalue weighted by atomic mass is 16.5. The highest BCUT2D eigenvalue weighted by Gasteiger charge is 2.57. The number of hydrogen-bond acceptors (Lipinski definition) is 7. The predicted molar refractivity (Wildman–Crippen MR) is 139 cm³/mol. The van der Waals surface area contributed by atoms with E-state index in [0.717, 1.165) is 41.1 Å². The van der Waals surface area contributed by atoms with Gasteiger partial charge < -0.3 is 20.4 Å². The lowest BCUT2D eigenvalue weighted by molar-refractivity contribution is -0.124. The lowest BCUT2D eigenvalue weighted by atomic mass is 9.60. The molecule has 4 aliphatic rings. The topological polar surface area (TPSA) is 91.7 Å². The van der Waals surface area contributed by atoms with Gasteiger partial charge in [-0.3, -0.25) is 4.79 Å². The van der Waals surface area contributed by atoms with Crippen LogP contribution in [0, 0.1) is 17.8 Å². The third-order valence-corrected chi connectivity index (χ3v) is 7.87. The van der Waals surface area contributed by atoms with Crippen LogP contribution in [-0.2, 0) is 4.79 Å². The molecule has 1 saturated heterocycles. The van der Waals surface area contributed by atoms with E-state index >= 15 is 0 Å². The van der Waals surface area contributed by atoms with Crippen molar-refractivity contribution in [1.82, 2.24) is 20.7 Å². The van der Waals surface area contributed by atoms with Crippen LogP contribution in [0.2, 0.25) is 0 Å². The van der Waals surface area contributed by atoms with Crippen molar-refractivity contribution < 1.29 is 9.53 Å². The molecule has 2 N–H and O–H groups in total. The summed E-state index contributed by atoms with van der Waals surface area (Å²) in [6, 6.07) is 8.21. The molecule has 1 amide bonds. The number of fused-ring (bicyclic) bond motifs is 7. The van der Waals surface area contributed by atoms with Gasteiger partial charge >= 0.3 is 6.01 Å². The lowest BCUT2D eigenvalue weighted by Gasteiger charge is -2.44. The summed E-state index contributed by atoms with van der Waals surface area (Å²) < 4.78 is 6.00. The Labute approximate surface area is 210 Å². The van der Waals surface area contributed by atoms with Gasteiger partial charge in [-0.05, 0) is 67.7 Å². The zero-order valence-electron chi connectivity index (χ0n) is 20.8. The van der Waals surface area contributed by atoms with E-state index in [2.05, 4.69) is 62.4 Å². The van der Waals surface area contributed by atoms with Crippen LogP contribution < -0.4 is 20.4 Å². The number of benzene rings is 1. The van der Waals surface area contributed by atoms with Crippen molar-refractivity contribution in [3.63, 3.8) is 0 Å². The molecule has 0 spiro atoms. The number of hydrazone groups is 1. The Bertz CT molecular complexity index is 1350. The third kappa shape index (κ3) is 3.27. The fraction of sp³-hybridized carbons (Fsp3) is 0.357. The van der Waals surface area contributed by atoms with Gasteiger partial charge in [0.25, 0.3) is 0 Å². The van der Waals surface area contributed by atoms with E-state index < -0.39 is 0 Å². The molecule has 0 radical (unpaired) electrons. The van der Waals surface area contributed by atoms with Crippen molar-refractivity contribution in [2.24, 2.45) is 22.9 Å². The summed E-state index contributed by atoms with van der Waals surface area (Å²) in [5.41, 5.74) is 11.0. The SMILES string of the molecule is C=C(C)N1C2=C3CCC(=N/NC)/C(=C\C)C3C3C(=O)NCC3C2c2cc(Oc3ncccn3)ccc21. The van der Waals surface area contributed by atoms with Gasteiger partial charge in [-0.15, -0.1) is 0 Å². The summed E-state index contributed by atoms with van der Waals surface area (Å²) in [5.74, 6) is 0.892. The van der Waals surface area contributed by atoms with Crippen molar-refractivity contribution in [3.05, 3.63) is 77.4 Å². The van der Waals surface area contributed by atoms with Crippen molar-refractivity contribution >= 4 is 17.3 Å². The first-order chi connectivity index (χ1) is 17.5. The van der Waals surface area contributed by atoms with Crippen LogP contribution in [0.3, 0.4) is 0 Å². The molecule has 2 fully saturated rings. The molecule has 3 heterocycles. The van der Waals surface area contributed by atoms with Gasteiger partial charge in [0.15, 0.2) is 0 Å². The van der Waals surface area contributed by atoms with Crippen molar-refractivity contribution in [3.8, 4) is 11.8 Å². The van der Waals surface area contributed by atoms with Gasteiger partial charge in [-0.1, -0.05) is 12.7 Å². The number of aromatic nitrogens is 2. The number of ether oxygens (including phenoxy) is 1. The van der Waals surface area contributed by atoms with Crippen LogP contribution >= 0.6 is 0 Å². The van der Waals surface area contributed by atoms with Crippen LogP contribution in [0.15, 0.2) is 77.0 Å². The molecule has 184 valence electrons. The molecule has 2 aromatic rings. The number of carbonyl (C=O) groups is 1. The van der Waals surface area contributed by atoms with Crippen LogP contribution in [-0.4, -0.2) is 35.2 Å². The number of amides is 1. The molecular weight excluding hydrogens is 452 g/mol. The van der Waals surface area contributed by atoms with Crippen LogP contribution in [0.1, 0.15) is 38.2 Å². The van der Waals surface area contributed by atoms with Gasteiger partial charge in [0.2, 0.25) is 5.91 Å². The van der Waals surface area contributed by atoms with Crippen molar-refractivity contribution in [2.75, 3.05) is 18.5 Å². The number of anilines is 1. The molecule has 1 aromatic heterocycles. The van der Waals surface area contributed by atoms with Gasteiger partial charge in [0.1, 0.15) is 5.75 Å². The lowest BCUT2D eigenvalue weighted by Crippen LogP contribution is -2.42.